The Morgan fingerprint density at radius 1 is 1.31 bits per heavy atom. The van der Waals surface area contributed by atoms with Crippen LogP contribution in [0.4, 0.5) is 5.69 Å². The van der Waals surface area contributed by atoms with Crippen LogP contribution in [0.25, 0.3) is 17.0 Å². The van der Waals surface area contributed by atoms with Crippen molar-refractivity contribution < 1.29 is 0 Å². The van der Waals surface area contributed by atoms with Crippen molar-refractivity contribution in [2.75, 3.05) is 5.73 Å². The maximum absolute atomic E-state index is 5.99. The van der Waals surface area contributed by atoms with Crippen molar-refractivity contribution in [1.29, 1.82) is 0 Å². The summed E-state index contributed by atoms with van der Waals surface area (Å²) in [5, 5.41) is 1.02. The van der Waals surface area contributed by atoms with Crippen molar-refractivity contribution in [1.82, 2.24) is 4.98 Å². The molecular weight excluding hydrogens is 196 g/mol. The Bertz CT molecular complexity index is 515. The van der Waals surface area contributed by atoms with Gasteiger partial charge in [-0.25, -0.2) is 4.98 Å². The van der Waals surface area contributed by atoms with Gasteiger partial charge in [0.05, 0.1) is 11.2 Å². The average Bonchev–Trinajstić information content (AvgIpc) is 2.30. The zero-order valence-electron chi connectivity index (χ0n) is 9.48. The summed E-state index contributed by atoms with van der Waals surface area (Å²) in [6.07, 6.45) is 6.40. The minimum absolute atomic E-state index is 0.793. The van der Waals surface area contributed by atoms with Crippen LogP contribution in [-0.4, -0.2) is 4.98 Å². The highest BCUT2D eigenvalue weighted by molar-refractivity contribution is 5.91. The SMILES string of the molecule is CCCC=Cc1cc(N)c2ccccc2n1. The van der Waals surface area contributed by atoms with E-state index < -0.39 is 0 Å². The molecule has 2 heteroatoms. The van der Waals surface area contributed by atoms with Crippen LogP contribution in [0.1, 0.15) is 25.5 Å². The zero-order chi connectivity index (χ0) is 11.4. The summed E-state index contributed by atoms with van der Waals surface area (Å²) in [5.74, 6) is 0. The van der Waals surface area contributed by atoms with Gasteiger partial charge in [-0.1, -0.05) is 37.6 Å². The normalized spacial score (nSPS) is 11.3. The van der Waals surface area contributed by atoms with Crippen LogP contribution in [0.3, 0.4) is 0 Å². The molecule has 0 unspecified atom stereocenters. The summed E-state index contributed by atoms with van der Waals surface area (Å²) in [7, 11) is 0. The number of fused-ring (bicyclic) bond motifs is 1. The van der Waals surface area contributed by atoms with Crippen LogP contribution in [0.15, 0.2) is 36.4 Å². The van der Waals surface area contributed by atoms with Gasteiger partial charge in [-0.05, 0) is 24.6 Å². The molecule has 2 nitrogen and oxygen atoms in total. The number of nitrogens with zero attached hydrogens (tertiary/aromatic N) is 1. The van der Waals surface area contributed by atoms with Crippen LogP contribution in [0, 0.1) is 0 Å². The fourth-order valence-corrected chi connectivity index (χ4v) is 1.68. The Hall–Kier alpha value is -1.83. The third-order valence-corrected chi connectivity index (χ3v) is 2.51. The molecule has 0 spiro atoms. The van der Waals surface area contributed by atoms with Crippen molar-refractivity contribution in [3.63, 3.8) is 0 Å². The van der Waals surface area contributed by atoms with Gasteiger partial charge in [0.2, 0.25) is 0 Å². The molecule has 0 saturated heterocycles. The number of nitrogen functional groups attached to an aromatic ring is 1. The molecule has 0 saturated carbocycles. The van der Waals surface area contributed by atoms with E-state index in [1.54, 1.807) is 0 Å². The van der Waals surface area contributed by atoms with E-state index in [1.807, 2.05) is 36.4 Å². The van der Waals surface area contributed by atoms with Crippen LogP contribution in [0.2, 0.25) is 0 Å². The Morgan fingerprint density at radius 2 is 2.12 bits per heavy atom. The number of pyridine rings is 1. The maximum Gasteiger partial charge on any atom is 0.0729 e. The average molecular weight is 212 g/mol. The van der Waals surface area contributed by atoms with Crippen molar-refractivity contribution >= 4 is 22.7 Å². The number of anilines is 1. The molecule has 1 aromatic carbocycles. The summed E-state index contributed by atoms with van der Waals surface area (Å²) in [4.78, 5) is 4.54. The maximum atomic E-state index is 5.99. The van der Waals surface area contributed by atoms with Crippen LogP contribution in [0.5, 0.6) is 0 Å². The topological polar surface area (TPSA) is 38.9 Å². The van der Waals surface area contributed by atoms with Gasteiger partial charge in [-0.15, -0.1) is 0 Å². The molecule has 2 rings (SSSR count). The number of nitrogens with two attached hydrogens (primary N) is 1. The summed E-state index contributed by atoms with van der Waals surface area (Å²) in [6.45, 7) is 2.16. The van der Waals surface area contributed by atoms with E-state index in [4.69, 9.17) is 5.73 Å². The first-order valence-corrected chi connectivity index (χ1v) is 5.63. The number of para-hydroxylation sites is 1. The molecule has 1 aromatic heterocycles. The lowest BCUT2D eigenvalue weighted by Gasteiger charge is -2.02. The molecule has 82 valence electrons. The Balaban J connectivity index is 2.42. The van der Waals surface area contributed by atoms with E-state index in [-0.39, 0.29) is 0 Å². The highest BCUT2D eigenvalue weighted by atomic mass is 14.7. The molecule has 0 fully saturated rings. The van der Waals surface area contributed by atoms with E-state index in [1.165, 1.54) is 0 Å². The fourth-order valence-electron chi connectivity index (χ4n) is 1.68. The molecule has 0 atom stereocenters. The smallest absolute Gasteiger partial charge is 0.0729 e. The number of rotatable bonds is 3. The molecule has 16 heavy (non-hydrogen) atoms. The quantitative estimate of drug-likeness (QED) is 0.843. The van der Waals surface area contributed by atoms with Gasteiger partial charge in [0.15, 0.2) is 0 Å². The van der Waals surface area contributed by atoms with Crippen molar-refractivity contribution in [2.45, 2.75) is 19.8 Å². The highest BCUT2D eigenvalue weighted by Gasteiger charge is 1.99. The number of allylic oxidation sites excluding steroid dienone is 1. The first kappa shape index (κ1) is 10.7. The van der Waals surface area contributed by atoms with E-state index >= 15 is 0 Å². The minimum Gasteiger partial charge on any atom is -0.398 e. The highest BCUT2D eigenvalue weighted by Crippen LogP contribution is 2.20. The van der Waals surface area contributed by atoms with Crippen molar-refractivity contribution in [3.8, 4) is 0 Å². The molecule has 2 aromatic rings. The number of hydrogen-bond donors (Lipinski definition) is 1. The van der Waals surface area contributed by atoms with Gasteiger partial charge in [-0.3, -0.25) is 0 Å². The third kappa shape index (κ3) is 2.22. The lowest BCUT2D eigenvalue weighted by molar-refractivity contribution is 0.962. The van der Waals surface area contributed by atoms with Gasteiger partial charge in [-0.2, -0.15) is 0 Å². The summed E-state index contributed by atoms with van der Waals surface area (Å²) >= 11 is 0. The second-order valence-electron chi connectivity index (χ2n) is 3.84. The largest absolute Gasteiger partial charge is 0.398 e. The third-order valence-electron chi connectivity index (χ3n) is 2.51. The molecule has 0 aliphatic rings. The van der Waals surface area contributed by atoms with Crippen molar-refractivity contribution in [3.05, 3.63) is 42.1 Å². The van der Waals surface area contributed by atoms with Crippen molar-refractivity contribution in [2.24, 2.45) is 0 Å². The second kappa shape index (κ2) is 4.79. The Labute approximate surface area is 95.8 Å². The molecule has 0 amide bonds. The lowest BCUT2D eigenvalue weighted by atomic mass is 10.1. The van der Waals surface area contributed by atoms with Gasteiger partial charge in [0.25, 0.3) is 0 Å². The Morgan fingerprint density at radius 3 is 2.94 bits per heavy atom. The van der Waals surface area contributed by atoms with E-state index in [2.05, 4.69) is 18.0 Å². The molecule has 0 aliphatic heterocycles. The van der Waals surface area contributed by atoms with Gasteiger partial charge >= 0.3 is 0 Å². The molecular formula is C14H16N2. The fraction of sp³-hybridized carbons (Fsp3) is 0.214. The number of aromatic nitrogens is 1. The monoisotopic (exact) mass is 212 g/mol. The van der Waals surface area contributed by atoms with Crippen LogP contribution in [-0.2, 0) is 0 Å². The molecule has 0 aliphatic carbocycles. The molecule has 0 radical (unpaired) electrons. The lowest BCUT2D eigenvalue weighted by Crippen LogP contribution is -1.91. The van der Waals surface area contributed by atoms with E-state index in [0.717, 1.165) is 35.1 Å². The molecule has 1 heterocycles. The first-order chi connectivity index (χ1) is 7.81. The number of hydrogen-bond acceptors (Lipinski definition) is 2. The van der Waals surface area contributed by atoms with Crippen LogP contribution < -0.4 is 5.73 Å². The predicted molar refractivity (Wildman–Crippen MR) is 70.1 cm³/mol. The standard InChI is InChI=1S/C14H16N2/c1-2-3-4-7-11-10-13(15)12-8-5-6-9-14(12)16-11/h4-10H,2-3H2,1H3,(H2,15,16). The zero-order valence-corrected chi connectivity index (χ0v) is 9.48. The summed E-state index contributed by atoms with van der Waals surface area (Å²) in [6, 6.07) is 9.87. The summed E-state index contributed by atoms with van der Waals surface area (Å²) < 4.78 is 0. The van der Waals surface area contributed by atoms with Gasteiger partial charge in [0, 0.05) is 11.1 Å². The van der Waals surface area contributed by atoms with E-state index in [0.29, 0.717) is 0 Å². The van der Waals surface area contributed by atoms with Crippen LogP contribution >= 0.6 is 0 Å². The molecule has 0 bridgehead atoms. The Kier molecular flexibility index (Phi) is 3.20. The molecule has 2 N–H and O–H groups in total. The van der Waals surface area contributed by atoms with Gasteiger partial charge in [0.1, 0.15) is 0 Å². The minimum atomic E-state index is 0.793. The van der Waals surface area contributed by atoms with Gasteiger partial charge < -0.3 is 5.73 Å². The first-order valence-electron chi connectivity index (χ1n) is 5.63. The van der Waals surface area contributed by atoms with E-state index in [9.17, 15) is 0 Å². The summed E-state index contributed by atoms with van der Waals surface area (Å²) in [5.41, 5.74) is 8.67. The predicted octanol–water partition coefficient (Wildman–Crippen LogP) is 3.63. The second-order valence-corrected chi connectivity index (χ2v) is 3.84. The number of benzene rings is 1. The number of unbranched alkanes of at least 4 members (excludes halogenated alkanes) is 1.